The SMILES string of the molecule is C=C(N)OC(C)(C)C.CC.CC(C)(C)C.COC1CCC(C)(C)C1.CS.O=CO. The minimum Gasteiger partial charge on any atom is -0.483 e. The van der Waals surface area contributed by atoms with E-state index >= 15 is 0 Å². The number of rotatable bonds is 2. The predicted octanol–water partition coefficient (Wildman–Crippen LogP) is 6.77. The molecular weight excluding hydrogens is 386 g/mol. The van der Waals surface area contributed by atoms with Crippen LogP contribution in [-0.2, 0) is 14.3 Å². The van der Waals surface area contributed by atoms with Gasteiger partial charge in [0.25, 0.3) is 6.47 Å². The van der Waals surface area contributed by atoms with E-state index < -0.39 is 0 Å². The van der Waals surface area contributed by atoms with Crippen LogP contribution < -0.4 is 5.73 Å². The summed E-state index contributed by atoms with van der Waals surface area (Å²) in [6.07, 6.45) is 6.05. The summed E-state index contributed by atoms with van der Waals surface area (Å²) >= 11 is 3.53. The highest BCUT2D eigenvalue weighted by Gasteiger charge is 2.30. The summed E-state index contributed by atoms with van der Waals surface area (Å²) < 4.78 is 10.3. The molecule has 0 aromatic rings. The molecule has 0 heterocycles. The normalized spacial score (nSPS) is 16.1. The molecule has 0 aliphatic heterocycles. The Balaban J connectivity index is -0.0000000881. The fourth-order valence-corrected chi connectivity index (χ4v) is 1.97. The fourth-order valence-electron chi connectivity index (χ4n) is 1.97. The zero-order valence-corrected chi connectivity index (χ0v) is 22.6. The van der Waals surface area contributed by atoms with Crippen LogP contribution in [0, 0.1) is 10.8 Å². The standard InChI is InChI=1S/C8H16O.C6H13NO.C5H12.C2H6.CH2O2.CH4S/c1-8(2)5-4-7(6-8)9-3;1-5(7)8-6(2,3)4;1-5(2,3)4;1-2;2-1-3;1-2/h7H,4-6H2,1-3H3;1,7H2,2-4H3;1-4H3;1-2H3;1H,(H,2,3);2H,1H3. The second-order valence-electron chi connectivity index (χ2n) is 9.55. The number of hydrogen-bond donors (Lipinski definition) is 3. The molecule has 1 aliphatic rings. The highest BCUT2D eigenvalue weighted by atomic mass is 32.1. The van der Waals surface area contributed by atoms with Gasteiger partial charge in [-0.1, -0.05) is 55.4 Å². The smallest absolute Gasteiger partial charge is 0.290 e. The quantitative estimate of drug-likeness (QED) is 0.251. The molecule has 0 spiro atoms. The van der Waals surface area contributed by atoms with Gasteiger partial charge in [-0.2, -0.15) is 12.6 Å². The molecule has 1 rings (SSSR count). The topological polar surface area (TPSA) is 81.8 Å². The number of hydrogen-bond acceptors (Lipinski definition) is 5. The zero-order valence-electron chi connectivity index (χ0n) is 21.7. The van der Waals surface area contributed by atoms with E-state index in [0.29, 0.717) is 16.9 Å². The molecule has 1 fully saturated rings. The zero-order chi connectivity index (χ0) is 24.9. The van der Waals surface area contributed by atoms with E-state index in [9.17, 15) is 0 Å². The third kappa shape index (κ3) is 58.4. The Labute approximate surface area is 188 Å². The van der Waals surface area contributed by atoms with Crippen LogP contribution in [0.25, 0.3) is 0 Å². The Kier molecular flexibility index (Phi) is 29.1. The van der Waals surface area contributed by atoms with Crippen LogP contribution in [0.3, 0.4) is 0 Å². The van der Waals surface area contributed by atoms with Crippen molar-refractivity contribution in [2.75, 3.05) is 13.4 Å². The second-order valence-corrected chi connectivity index (χ2v) is 9.55. The monoisotopic (exact) mass is 439 g/mol. The van der Waals surface area contributed by atoms with E-state index in [-0.39, 0.29) is 18.0 Å². The van der Waals surface area contributed by atoms with Crippen molar-refractivity contribution in [3.8, 4) is 0 Å². The number of nitrogens with two attached hydrogens (primary N) is 1. The summed E-state index contributed by atoms with van der Waals surface area (Å²) in [5.74, 6) is 0.275. The van der Waals surface area contributed by atoms with Crippen molar-refractivity contribution in [1.29, 1.82) is 0 Å². The summed E-state index contributed by atoms with van der Waals surface area (Å²) in [4.78, 5) is 8.36. The van der Waals surface area contributed by atoms with Gasteiger partial charge in [0.2, 0.25) is 0 Å². The molecule has 1 unspecified atom stereocenters. The Morgan fingerprint density at radius 2 is 1.45 bits per heavy atom. The summed E-state index contributed by atoms with van der Waals surface area (Å²) in [7, 11) is 1.81. The summed E-state index contributed by atoms with van der Waals surface area (Å²) in [5.41, 5.74) is 6.00. The van der Waals surface area contributed by atoms with Gasteiger partial charge in [0.1, 0.15) is 5.60 Å². The highest BCUT2D eigenvalue weighted by molar-refractivity contribution is 7.79. The molecule has 1 atom stereocenters. The van der Waals surface area contributed by atoms with Gasteiger partial charge in [-0.05, 0) is 63.7 Å². The average molecular weight is 440 g/mol. The Hall–Kier alpha value is -0.880. The molecule has 1 saturated carbocycles. The molecular formula is C23H53NO4S. The lowest BCUT2D eigenvalue weighted by Crippen LogP contribution is -2.21. The van der Waals surface area contributed by atoms with Gasteiger partial charge in [0, 0.05) is 7.11 Å². The van der Waals surface area contributed by atoms with E-state index in [1.54, 1.807) is 6.26 Å². The van der Waals surface area contributed by atoms with Gasteiger partial charge in [-0.3, -0.25) is 4.79 Å². The van der Waals surface area contributed by atoms with E-state index in [1.807, 2.05) is 41.7 Å². The minimum absolute atomic E-state index is 0.203. The highest BCUT2D eigenvalue weighted by Crippen LogP contribution is 2.37. The van der Waals surface area contributed by atoms with E-state index in [0.717, 1.165) is 0 Å². The number of ether oxygens (including phenoxy) is 2. The third-order valence-electron chi connectivity index (χ3n) is 2.69. The van der Waals surface area contributed by atoms with Gasteiger partial charge in [0.05, 0.1) is 6.10 Å². The molecule has 0 aromatic heterocycles. The van der Waals surface area contributed by atoms with Crippen LogP contribution >= 0.6 is 12.6 Å². The van der Waals surface area contributed by atoms with Crippen LogP contribution in [0.5, 0.6) is 0 Å². The molecule has 1 aliphatic carbocycles. The minimum atomic E-state index is -0.250. The Morgan fingerprint density at radius 1 is 1.14 bits per heavy atom. The first-order valence-corrected chi connectivity index (χ1v) is 11.1. The molecule has 0 saturated heterocycles. The maximum atomic E-state index is 8.36. The molecule has 180 valence electrons. The van der Waals surface area contributed by atoms with Crippen LogP contribution in [0.4, 0.5) is 0 Å². The molecule has 0 bridgehead atoms. The van der Waals surface area contributed by atoms with Crippen molar-refractivity contribution in [3.63, 3.8) is 0 Å². The van der Waals surface area contributed by atoms with Gasteiger partial charge in [0.15, 0.2) is 5.88 Å². The first kappa shape index (κ1) is 38.7. The first-order valence-electron chi connectivity index (χ1n) is 10.2. The fraction of sp³-hybridized carbons (Fsp3) is 0.870. The van der Waals surface area contributed by atoms with Crippen molar-refractivity contribution in [2.24, 2.45) is 16.6 Å². The van der Waals surface area contributed by atoms with E-state index in [1.165, 1.54) is 19.3 Å². The number of carbonyl (C=O) groups is 1. The van der Waals surface area contributed by atoms with Crippen molar-refractivity contribution >= 4 is 19.1 Å². The molecule has 0 aromatic carbocycles. The summed E-state index contributed by atoms with van der Waals surface area (Å²) in [6, 6.07) is 0. The van der Waals surface area contributed by atoms with Crippen LogP contribution in [0.15, 0.2) is 12.5 Å². The van der Waals surface area contributed by atoms with Gasteiger partial charge >= 0.3 is 0 Å². The molecule has 0 amide bonds. The van der Waals surface area contributed by atoms with Gasteiger partial charge < -0.3 is 20.3 Å². The number of thiol groups is 1. The predicted molar refractivity (Wildman–Crippen MR) is 133 cm³/mol. The van der Waals surface area contributed by atoms with Crippen molar-refractivity contribution < 1.29 is 19.4 Å². The Bertz CT molecular complexity index is 353. The van der Waals surface area contributed by atoms with E-state index in [4.69, 9.17) is 25.1 Å². The Morgan fingerprint density at radius 3 is 1.52 bits per heavy atom. The number of carboxylic acid groups (broad SMARTS) is 1. The molecule has 29 heavy (non-hydrogen) atoms. The first-order chi connectivity index (χ1) is 13.0. The van der Waals surface area contributed by atoms with Crippen LogP contribution in [-0.4, -0.2) is 36.6 Å². The average Bonchev–Trinajstić information content (AvgIpc) is 2.88. The number of methoxy groups -OCH3 is 1. The lowest BCUT2D eigenvalue weighted by atomic mass is 9.92. The lowest BCUT2D eigenvalue weighted by Gasteiger charge is -2.19. The third-order valence-corrected chi connectivity index (χ3v) is 2.69. The van der Waals surface area contributed by atoms with Crippen LogP contribution in [0.2, 0.25) is 0 Å². The summed E-state index contributed by atoms with van der Waals surface area (Å²) in [5, 5.41) is 6.89. The lowest BCUT2D eigenvalue weighted by molar-refractivity contribution is -0.122. The van der Waals surface area contributed by atoms with E-state index in [2.05, 4.69) is 60.8 Å². The molecule has 3 N–H and O–H groups in total. The van der Waals surface area contributed by atoms with Crippen molar-refractivity contribution in [2.45, 2.75) is 107 Å². The van der Waals surface area contributed by atoms with Gasteiger partial charge in [-0.25, -0.2) is 0 Å². The largest absolute Gasteiger partial charge is 0.483 e. The van der Waals surface area contributed by atoms with Crippen LogP contribution in [0.1, 0.15) is 95.4 Å². The molecule has 6 heteroatoms. The van der Waals surface area contributed by atoms with Crippen molar-refractivity contribution in [3.05, 3.63) is 12.5 Å². The molecule has 5 nitrogen and oxygen atoms in total. The second kappa shape index (κ2) is 21.8. The molecule has 0 radical (unpaired) electrons. The maximum absolute atomic E-state index is 8.36. The van der Waals surface area contributed by atoms with Gasteiger partial charge in [-0.15, -0.1) is 0 Å². The summed E-state index contributed by atoms with van der Waals surface area (Å²) in [6.45, 7) is 26.3. The maximum Gasteiger partial charge on any atom is 0.290 e. The van der Waals surface area contributed by atoms with Crippen molar-refractivity contribution in [1.82, 2.24) is 0 Å².